The van der Waals surface area contributed by atoms with Crippen LogP contribution in [-0.2, 0) is 11.3 Å². The molecular formula is C15H23NO. The summed E-state index contributed by atoms with van der Waals surface area (Å²) >= 11 is 0. The van der Waals surface area contributed by atoms with Gasteiger partial charge < -0.3 is 4.90 Å². The number of rotatable bonds is 5. The predicted molar refractivity (Wildman–Crippen MR) is 72.3 cm³/mol. The Morgan fingerprint density at radius 2 is 1.82 bits per heavy atom. The van der Waals surface area contributed by atoms with Gasteiger partial charge in [-0.3, -0.25) is 4.79 Å². The summed E-state index contributed by atoms with van der Waals surface area (Å²) in [5, 5.41) is 0. The fourth-order valence-electron chi connectivity index (χ4n) is 1.90. The Hall–Kier alpha value is -1.15. The molecule has 0 saturated carbocycles. The smallest absolute Gasteiger partial charge is 0.131 e. The van der Waals surface area contributed by atoms with E-state index in [4.69, 9.17) is 0 Å². The molecule has 1 aromatic carbocycles. The van der Waals surface area contributed by atoms with Gasteiger partial charge in [-0.25, -0.2) is 0 Å². The van der Waals surface area contributed by atoms with Crippen molar-refractivity contribution in [2.24, 2.45) is 0 Å². The minimum absolute atomic E-state index is 0.258. The second-order valence-corrected chi connectivity index (χ2v) is 4.98. The maximum Gasteiger partial charge on any atom is 0.131 e. The maximum absolute atomic E-state index is 10.9. The highest BCUT2D eigenvalue weighted by molar-refractivity contribution is 5.75. The largest absolute Gasteiger partial charge is 0.302 e. The van der Waals surface area contributed by atoms with Crippen LogP contribution in [0.15, 0.2) is 12.1 Å². The fraction of sp³-hybridized carbons (Fsp3) is 0.533. The summed E-state index contributed by atoms with van der Waals surface area (Å²) in [4.78, 5) is 13.1. The van der Waals surface area contributed by atoms with E-state index in [1.165, 1.54) is 22.3 Å². The van der Waals surface area contributed by atoms with E-state index in [1.54, 1.807) is 6.92 Å². The van der Waals surface area contributed by atoms with Crippen LogP contribution in [0.3, 0.4) is 0 Å². The number of hydrogen-bond acceptors (Lipinski definition) is 2. The first kappa shape index (κ1) is 13.9. The lowest BCUT2D eigenvalue weighted by atomic mass is 9.98. The third kappa shape index (κ3) is 3.97. The van der Waals surface area contributed by atoms with E-state index in [0.29, 0.717) is 6.42 Å². The number of nitrogens with zero attached hydrogens (tertiary/aromatic N) is 1. The van der Waals surface area contributed by atoms with Crippen molar-refractivity contribution in [1.82, 2.24) is 4.90 Å². The van der Waals surface area contributed by atoms with Gasteiger partial charge in [-0.05, 0) is 57.0 Å². The first-order chi connectivity index (χ1) is 7.91. The number of ketones is 1. The van der Waals surface area contributed by atoms with Crippen molar-refractivity contribution in [3.05, 3.63) is 34.4 Å². The van der Waals surface area contributed by atoms with Crippen LogP contribution in [0.5, 0.6) is 0 Å². The summed E-state index contributed by atoms with van der Waals surface area (Å²) in [7, 11) is 2.07. The third-order valence-electron chi connectivity index (χ3n) is 3.46. The molecule has 1 aromatic rings. The molecule has 0 unspecified atom stereocenters. The molecule has 0 aliphatic rings. The zero-order valence-corrected chi connectivity index (χ0v) is 11.6. The predicted octanol–water partition coefficient (Wildman–Crippen LogP) is 3.02. The lowest BCUT2D eigenvalue weighted by molar-refractivity contribution is -0.117. The van der Waals surface area contributed by atoms with Crippen LogP contribution < -0.4 is 0 Å². The first-order valence-corrected chi connectivity index (χ1v) is 6.15. The molecule has 0 heterocycles. The Balaban J connectivity index is 2.68. The van der Waals surface area contributed by atoms with Gasteiger partial charge in [0.1, 0.15) is 5.78 Å². The van der Waals surface area contributed by atoms with Crippen LogP contribution >= 0.6 is 0 Å². The lowest BCUT2D eigenvalue weighted by Crippen LogP contribution is -2.21. The highest BCUT2D eigenvalue weighted by Gasteiger charge is 2.07. The molecule has 0 aliphatic heterocycles. The van der Waals surface area contributed by atoms with Gasteiger partial charge in [-0.15, -0.1) is 0 Å². The van der Waals surface area contributed by atoms with Crippen LogP contribution in [0.2, 0.25) is 0 Å². The third-order valence-corrected chi connectivity index (χ3v) is 3.46. The number of carbonyl (C=O) groups is 1. The molecule has 94 valence electrons. The molecule has 2 heteroatoms. The summed E-state index contributed by atoms with van der Waals surface area (Å²) in [6.45, 7) is 9.89. The summed E-state index contributed by atoms with van der Waals surface area (Å²) in [6, 6.07) is 4.37. The van der Waals surface area contributed by atoms with Gasteiger partial charge in [0, 0.05) is 19.5 Å². The van der Waals surface area contributed by atoms with E-state index in [0.717, 1.165) is 13.1 Å². The summed E-state index contributed by atoms with van der Waals surface area (Å²) in [5.41, 5.74) is 5.46. The Labute approximate surface area is 105 Å². The first-order valence-electron chi connectivity index (χ1n) is 6.15. The normalized spacial score (nSPS) is 10.9. The molecule has 0 N–H and O–H groups in total. The zero-order valence-electron chi connectivity index (χ0n) is 11.6. The molecule has 0 aromatic heterocycles. The average molecular weight is 233 g/mol. The molecule has 0 amide bonds. The standard InChI is InChI=1S/C15H23NO/c1-11-6-7-15(14(4)13(11)3)10-16(5)9-8-12(2)17/h6-7H,8-10H2,1-5H3. The number of hydrogen-bond donors (Lipinski definition) is 0. The van der Waals surface area contributed by atoms with Crippen LogP contribution in [0, 0.1) is 20.8 Å². The molecule has 0 radical (unpaired) electrons. The zero-order chi connectivity index (χ0) is 13.0. The average Bonchev–Trinajstić information content (AvgIpc) is 2.27. The van der Waals surface area contributed by atoms with Crippen molar-refractivity contribution in [2.45, 2.75) is 40.7 Å². The molecule has 1 rings (SSSR count). The molecular weight excluding hydrogens is 210 g/mol. The van der Waals surface area contributed by atoms with Crippen molar-refractivity contribution in [1.29, 1.82) is 0 Å². The number of Topliss-reactive ketones (excluding diaryl/α,β-unsaturated/α-hetero) is 1. The van der Waals surface area contributed by atoms with Gasteiger partial charge in [0.15, 0.2) is 0 Å². The van der Waals surface area contributed by atoms with Crippen LogP contribution in [0.25, 0.3) is 0 Å². The Morgan fingerprint density at radius 1 is 1.18 bits per heavy atom. The molecule has 0 saturated heterocycles. The van der Waals surface area contributed by atoms with E-state index < -0.39 is 0 Å². The van der Waals surface area contributed by atoms with E-state index in [2.05, 4.69) is 44.9 Å². The minimum atomic E-state index is 0.258. The highest BCUT2D eigenvalue weighted by Crippen LogP contribution is 2.18. The Bertz CT molecular complexity index is 410. The van der Waals surface area contributed by atoms with E-state index >= 15 is 0 Å². The summed E-state index contributed by atoms with van der Waals surface area (Å²) in [6.07, 6.45) is 0.639. The van der Waals surface area contributed by atoms with Crippen molar-refractivity contribution in [3.8, 4) is 0 Å². The van der Waals surface area contributed by atoms with E-state index in [-0.39, 0.29) is 5.78 Å². The molecule has 0 spiro atoms. The summed E-state index contributed by atoms with van der Waals surface area (Å²) in [5.74, 6) is 0.258. The molecule has 0 bridgehead atoms. The maximum atomic E-state index is 10.9. The Morgan fingerprint density at radius 3 is 2.41 bits per heavy atom. The van der Waals surface area contributed by atoms with E-state index in [9.17, 15) is 4.79 Å². The fourth-order valence-corrected chi connectivity index (χ4v) is 1.90. The quantitative estimate of drug-likeness (QED) is 0.779. The van der Waals surface area contributed by atoms with Gasteiger partial charge in [0.05, 0.1) is 0 Å². The van der Waals surface area contributed by atoms with Crippen molar-refractivity contribution >= 4 is 5.78 Å². The molecule has 0 fully saturated rings. The molecule has 0 atom stereocenters. The Kier molecular flexibility index (Phi) is 4.88. The van der Waals surface area contributed by atoms with Gasteiger partial charge in [-0.1, -0.05) is 12.1 Å². The number of carbonyl (C=O) groups excluding carboxylic acids is 1. The highest BCUT2D eigenvalue weighted by atomic mass is 16.1. The van der Waals surface area contributed by atoms with Crippen LogP contribution in [0.4, 0.5) is 0 Å². The molecule has 2 nitrogen and oxygen atoms in total. The van der Waals surface area contributed by atoms with Gasteiger partial charge >= 0.3 is 0 Å². The molecule has 0 aliphatic carbocycles. The monoisotopic (exact) mass is 233 g/mol. The van der Waals surface area contributed by atoms with E-state index in [1.807, 2.05) is 0 Å². The van der Waals surface area contributed by atoms with Crippen molar-refractivity contribution < 1.29 is 4.79 Å². The van der Waals surface area contributed by atoms with Crippen molar-refractivity contribution in [2.75, 3.05) is 13.6 Å². The number of aryl methyl sites for hydroxylation is 1. The topological polar surface area (TPSA) is 20.3 Å². The number of benzene rings is 1. The second-order valence-electron chi connectivity index (χ2n) is 4.98. The van der Waals surface area contributed by atoms with Crippen LogP contribution in [-0.4, -0.2) is 24.3 Å². The van der Waals surface area contributed by atoms with Gasteiger partial charge in [0.2, 0.25) is 0 Å². The molecule has 17 heavy (non-hydrogen) atoms. The summed E-state index contributed by atoms with van der Waals surface area (Å²) < 4.78 is 0. The van der Waals surface area contributed by atoms with Gasteiger partial charge in [-0.2, -0.15) is 0 Å². The lowest BCUT2D eigenvalue weighted by Gasteiger charge is -2.19. The SMILES string of the molecule is CC(=O)CCN(C)Cc1ccc(C)c(C)c1C. The minimum Gasteiger partial charge on any atom is -0.302 e. The van der Waals surface area contributed by atoms with Gasteiger partial charge in [0.25, 0.3) is 0 Å². The second kappa shape index (κ2) is 5.97. The van der Waals surface area contributed by atoms with Crippen LogP contribution in [0.1, 0.15) is 35.6 Å². The van der Waals surface area contributed by atoms with Crippen molar-refractivity contribution in [3.63, 3.8) is 0 Å².